The number of nitrogens with two attached hydrogens (primary N) is 1. The number of hydrogen-bond acceptors (Lipinski definition) is 4. The maximum absolute atomic E-state index is 12.7. The number of hydrogen-bond donors (Lipinski definition) is 1. The van der Waals surface area contributed by atoms with Crippen molar-refractivity contribution < 1.29 is 14.3 Å². The summed E-state index contributed by atoms with van der Waals surface area (Å²) in [5.41, 5.74) is 8.19. The minimum absolute atomic E-state index is 0.118. The van der Waals surface area contributed by atoms with Gasteiger partial charge < -0.3 is 15.2 Å². The van der Waals surface area contributed by atoms with Crippen LogP contribution in [0, 0.1) is 6.92 Å². The Morgan fingerprint density at radius 1 is 1.05 bits per heavy atom. The van der Waals surface area contributed by atoms with Crippen LogP contribution in [-0.4, -0.2) is 20.0 Å². The molecule has 0 aliphatic carbocycles. The molecule has 110 valence electrons. The molecule has 21 heavy (non-hydrogen) atoms. The zero-order valence-corrected chi connectivity index (χ0v) is 13.7. The molecule has 0 unspecified atom stereocenters. The lowest BCUT2D eigenvalue weighted by Crippen LogP contribution is -2.06. The summed E-state index contributed by atoms with van der Waals surface area (Å²) >= 11 is 3.38. The highest BCUT2D eigenvalue weighted by molar-refractivity contribution is 9.10. The molecule has 0 amide bonds. The summed E-state index contributed by atoms with van der Waals surface area (Å²) in [4.78, 5) is 12.7. The predicted octanol–water partition coefficient (Wildman–Crippen LogP) is 3.59. The Morgan fingerprint density at radius 2 is 1.67 bits per heavy atom. The van der Waals surface area contributed by atoms with Gasteiger partial charge in [-0.25, -0.2) is 0 Å². The van der Waals surface area contributed by atoms with E-state index in [4.69, 9.17) is 15.2 Å². The lowest BCUT2D eigenvalue weighted by atomic mass is 9.98. The number of nitrogen functional groups attached to an aromatic ring is 1. The minimum atomic E-state index is -0.118. The highest BCUT2D eigenvalue weighted by Gasteiger charge is 2.18. The molecule has 0 fully saturated rings. The molecular weight excluding hydrogens is 334 g/mol. The molecule has 2 rings (SSSR count). The minimum Gasteiger partial charge on any atom is -0.493 e. The van der Waals surface area contributed by atoms with Gasteiger partial charge in [-0.3, -0.25) is 4.79 Å². The summed E-state index contributed by atoms with van der Waals surface area (Å²) in [5.74, 6) is 0.997. The number of carbonyl (C=O) groups is 1. The van der Waals surface area contributed by atoms with Crippen molar-refractivity contribution in [1.82, 2.24) is 0 Å². The Bertz CT molecular complexity index is 698. The van der Waals surface area contributed by atoms with Gasteiger partial charge in [-0.1, -0.05) is 15.9 Å². The molecule has 0 aliphatic heterocycles. The first-order valence-electron chi connectivity index (χ1n) is 6.30. The van der Waals surface area contributed by atoms with Gasteiger partial charge in [0.05, 0.1) is 14.2 Å². The van der Waals surface area contributed by atoms with Gasteiger partial charge in [0.25, 0.3) is 0 Å². The number of halogens is 1. The largest absolute Gasteiger partial charge is 0.493 e. The summed E-state index contributed by atoms with van der Waals surface area (Å²) in [6.07, 6.45) is 0. The second-order valence-electron chi connectivity index (χ2n) is 4.59. The number of anilines is 1. The molecule has 0 aromatic heterocycles. The average Bonchev–Trinajstić information content (AvgIpc) is 2.48. The highest BCUT2D eigenvalue weighted by Crippen LogP contribution is 2.32. The fourth-order valence-corrected chi connectivity index (χ4v) is 2.51. The lowest BCUT2D eigenvalue weighted by Gasteiger charge is -2.13. The summed E-state index contributed by atoms with van der Waals surface area (Å²) in [6, 6.07) is 8.63. The standard InChI is InChI=1S/C16H16BrNO3/c1-9-6-14(20-2)15(21-3)8-11(9)16(19)12-7-10(18)4-5-13(12)17/h4-8H,18H2,1-3H3. The molecule has 0 bridgehead atoms. The number of carbonyl (C=O) groups excluding carboxylic acids is 1. The number of aryl methyl sites for hydroxylation is 1. The van der Waals surface area contributed by atoms with Crippen LogP contribution in [0.3, 0.4) is 0 Å². The van der Waals surface area contributed by atoms with Crippen molar-refractivity contribution in [1.29, 1.82) is 0 Å². The number of benzene rings is 2. The molecular formula is C16H16BrNO3. The average molecular weight is 350 g/mol. The van der Waals surface area contributed by atoms with E-state index in [0.29, 0.717) is 32.8 Å². The normalized spacial score (nSPS) is 10.3. The van der Waals surface area contributed by atoms with Gasteiger partial charge in [0.1, 0.15) is 0 Å². The number of methoxy groups -OCH3 is 2. The van der Waals surface area contributed by atoms with Crippen molar-refractivity contribution in [2.75, 3.05) is 20.0 Å². The number of rotatable bonds is 4. The zero-order valence-electron chi connectivity index (χ0n) is 12.1. The molecule has 5 heteroatoms. The van der Waals surface area contributed by atoms with Gasteiger partial charge in [0, 0.05) is 21.3 Å². The molecule has 0 saturated heterocycles. The van der Waals surface area contributed by atoms with E-state index in [2.05, 4.69) is 15.9 Å². The van der Waals surface area contributed by atoms with Crippen LogP contribution in [0.15, 0.2) is 34.8 Å². The fraction of sp³-hybridized carbons (Fsp3) is 0.188. The fourth-order valence-electron chi connectivity index (χ4n) is 2.09. The molecule has 4 nitrogen and oxygen atoms in total. The second-order valence-corrected chi connectivity index (χ2v) is 5.44. The van der Waals surface area contributed by atoms with E-state index >= 15 is 0 Å². The van der Waals surface area contributed by atoms with Crippen LogP contribution in [0.2, 0.25) is 0 Å². The van der Waals surface area contributed by atoms with Crippen LogP contribution in [0.4, 0.5) is 5.69 Å². The van der Waals surface area contributed by atoms with E-state index in [1.807, 2.05) is 6.92 Å². The van der Waals surface area contributed by atoms with Gasteiger partial charge in [-0.05, 0) is 42.8 Å². The Labute approximate surface area is 132 Å². The van der Waals surface area contributed by atoms with E-state index in [0.717, 1.165) is 5.56 Å². The van der Waals surface area contributed by atoms with Crippen molar-refractivity contribution in [3.63, 3.8) is 0 Å². The lowest BCUT2D eigenvalue weighted by molar-refractivity contribution is 0.103. The summed E-state index contributed by atoms with van der Waals surface area (Å²) in [7, 11) is 3.10. The molecule has 0 heterocycles. The van der Waals surface area contributed by atoms with E-state index in [-0.39, 0.29) is 5.78 Å². The van der Waals surface area contributed by atoms with Gasteiger partial charge in [-0.15, -0.1) is 0 Å². The summed E-state index contributed by atoms with van der Waals surface area (Å²) in [5, 5.41) is 0. The number of ether oxygens (including phenoxy) is 2. The molecule has 0 spiro atoms. The number of ketones is 1. The van der Waals surface area contributed by atoms with E-state index in [1.54, 1.807) is 37.4 Å². The monoisotopic (exact) mass is 349 g/mol. The summed E-state index contributed by atoms with van der Waals surface area (Å²) < 4.78 is 11.2. The van der Waals surface area contributed by atoms with Gasteiger partial charge in [-0.2, -0.15) is 0 Å². The third-order valence-corrected chi connectivity index (χ3v) is 3.90. The van der Waals surface area contributed by atoms with E-state index in [1.165, 1.54) is 7.11 Å². The maximum atomic E-state index is 12.7. The Hall–Kier alpha value is -2.01. The van der Waals surface area contributed by atoms with Crippen LogP contribution in [-0.2, 0) is 0 Å². The smallest absolute Gasteiger partial charge is 0.194 e. The molecule has 2 aromatic rings. The van der Waals surface area contributed by atoms with E-state index in [9.17, 15) is 4.79 Å². The van der Waals surface area contributed by atoms with Crippen LogP contribution in [0.5, 0.6) is 11.5 Å². The maximum Gasteiger partial charge on any atom is 0.194 e. The third kappa shape index (κ3) is 3.03. The third-order valence-electron chi connectivity index (χ3n) is 3.21. The van der Waals surface area contributed by atoms with Crippen LogP contribution >= 0.6 is 15.9 Å². The quantitative estimate of drug-likeness (QED) is 0.676. The van der Waals surface area contributed by atoms with Gasteiger partial charge in [0.2, 0.25) is 0 Å². The molecule has 2 N–H and O–H groups in total. The summed E-state index contributed by atoms with van der Waals surface area (Å²) in [6.45, 7) is 1.86. The topological polar surface area (TPSA) is 61.5 Å². The Kier molecular flexibility index (Phi) is 4.53. The first-order chi connectivity index (χ1) is 9.97. The molecule has 0 saturated carbocycles. The van der Waals surface area contributed by atoms with Crippen LogP contribution in [0.1, 0.15) is 21.5 Å². The molecule has 2 aromatic carbocycles. The highest BCUT2D eigenvalue weighted by atomic mass is 79.9. The second kappa shape index (κ2) is 6.18. The molecule has 0 radical (unpaired) electrons. The first kappa shape index (κ1) is 15.4. The Morgan fingerprint density at radius 3 is 2.29 bits per heavy atom. The SMILES string of the molecule is COc1cc(C)c(C(=O)c2cc(N)ccc2Br)cc1OC. The predicted molar refractivity (Wildman–Crippen MR) is 86.3 cm³/mol. The molecule has 0 atom stereocenters. The van der Waals surface area contributed by atoms with Crippen molar-refractivity contribution in [2.24, 2.45) is 0 Å². The Balaban J connectivity index is 2.55. The van der Waals surface area contributed by atoms with Gasteiger partial charge >= 0.3 is 0 Å². The molecule has 0 aliphatic rings. The first-order valence-corrected chi connectivity index (χ1v) is 7.09. The van der Waals surface area contributed by atoms with E-state index < -0.39 is 0 Å². The zero-order chi connectivity index (χ0) is 15.6. The van der Waals surface area contributed by atoms with Crippen molar-refractivity contribution in [3.05, 3.63) is 51.5 Å². The van der Waals surface area contributed by atoms with Crippen molar-refractivity contribution in [2.45, 2.75) is 6.92 Å². The van der Waals surface area contributed by atoms with Crippen molar-refractivity contribution in [3.8, 4) is 11.5 Å². The van der Waals surface area contributed by atoms with Crippen molar-refractivity contribution >= 4 is 27.4 Å². The van der Waals surface area contributed by atoms with Gasteiger partial charge in [0.15, 0.2) is 17.3 Å². The van der Waals surface area contributed by atoms with Crippen LogP contribution in [0.25, 0.3) is 0 Å². The van der Waals surface area contributed by atoms with Crippen LogP contribution < -0.4 is 15.2 Å².